The molecule has 4 aromatic heterocycles. The van der Waals surface area contributed by atoms with Crippen LogP contribution in [0.25, 0.3) is 5.00 Å². The summed E-state index contributed by atoms with van der Waals surface area (Å²) in [6, 6.07) is 14.3. The monoisotopic (exact) mass is 910 g/mol. The number of carbonyl (C=O) groups is 3. The molecule has 1 saturated heterocycles. The number of halogens is 2. The molecule has 3 N–H and O–H groups in total. The average Bonchev–Trinajstić information content (AvgIpc) is 3.93. The lowest BCUT2D eigenvalue weighted by atomic mass is 9.99. The van der Waals surface area contributed by atoms with Gasteiger partial charge in [-0.1, -0.05) is 58.8 Å². The number of fused-ring (bicyclic) bond motifs is 3. The zero-order valence-electron chi connectivity index (χ0n) is 34.8. The van der Waals surface area contributed by atoms with Crippen LogP contribution in [0.5, 0.6) is 0 Å². The van der Waals surface area contributed by atoms with Gasteiger partial charge in [0, 0.05) is 66.2 Å². The van der Waals surface area contributed by atoms with Crippen LogP contribution in [0.4, 0.5) is 22.5 Å². The number of benzene rings is 2. The van der Waals surface area contributed by atoms with Crippen LogP contribution in [0.15, 0.2) is 59.7 Å². The van der Waals surface area contributed by atoms with Gasteiger partial charge >= 0.3 is 0 Å². The van der Waals surface area contributed by atoms with Crippen molar-refractivity contribution in [1.82, 2.24) is 39.9 Å². The molecule has 320 valence electrons. The Morgan fingerprint density at radius 1 is 0.919 bits per heavy atom. The van der Waals surface area contributed by atoms with E-state index in [2.05, 4.69) is 59.8 Å². The summed E-state index contributed by atoms with van der Waals surface area (Å²) < 4.78 is 2.02. The van der Waals surface area contributed by atoms with Crippen LogP contribution >= 0.6 is 45.9 Å². The molecule has 2 aromatic carbocycles. The molecule has 1 fully saturated rings. The van der Waals surface area contributed by atoms with Crippen molar-refractivity contribution in [2.75, 3.05) is 48.3 Å². The topological polar surface area (TPSA) is 176 Å². The quantitative estimate of drug-likeness (QED) is 0.102. The van der Waals surface area contributed by atoms with Gasteiger partial charge < -0.3 is 25.8 Å². The van der Waals surface area contributed by atoms with Gasteiger partial charge in [-0.15, -0.1) is 21.5 Å². The number of piperazine rings is 1. The van der Waals surface area contributed by atoms with Gasteiger partial charge in [0.25, 0.3) is 5.91 Å². The van der Waals surface area contributed by atoms with Crippen LogP contribution in [0.2, 0.25) is 10.0 Å². The van der Waals surface area contributed by atoms with Gasteiger partial charge in [-0.25, -0.2) is 15.0 Å². The number of thiophene rings is 1. The van der Waals surface area contributed by atoms with E-state index in [1.165, 1.54) is 22.4 Å². The third-order valence-electron chi connectivity index (χ3n) is 10.8. The number of aromatic nitrogens is 6. The van der Waals surface area contributed by atoms with Crippen LogP contribution in [-0.4, -0.2) is 90.8 Å². The highest BCUT2D eigenvalue weighted by molar-refractivity contribution is 7.17. The molecular weight excluding hydrogens is 868 g/mol. The van der Waals surface area contributed by atoms with E-state index in [-0.39, 0.29) is 24.1 Å². The number of aliphatic imine (C=N–C) groups is 1. The smallest absolute Gasteiger partial charge is 0.267 e. The van der Waals surface area contributed by atoms with Crippen LogP contribution in [0.3, 0.4) is 0 Å². The van der Waals surface area contributed by atoms with E-state index >= 15 is 0 Å². The highest BCUT2D eigenvalue weighted by Gasteiger charge is 2.32. The molecule has 19 heteroatoms. The molecule has 6 heterocycles. The summed E-state index contributed by atoms with van der Waals surface area (Å²) in [4.78, 5) is 64.0. The minimum Gasteiger partial charge on any atom is -0.356 e. The summed E-state index contributed by atoms with van der Waals surface area (Å²) in [5, 5.41) is 20.6. The number of anilines is 4. The van der Waals surface area contributed by atoms with Gasteiger partial charge in [-0.2, -0.15) is 0 Å². The Hall–Kier alpha value is -5.75. The summed E-state index contributed by atoms with van der Waals surface area (Å²) in [6.07, 6.45) is 2.39. The predicted octanol–water partition coefficient (Wildman–Crippen LogP) is 7.95. The molecule has 2 aliphatic heterocycles. The molecule has 0 spiro atoms. The Balaban J connectivity index is 0.829. The highest BCUT2D eigenvalue weighted by Crippen LogP contribution is 2.40. The van der Waals surface area contributed by atoms with Crippen LogP contribution < -0.4 is 20.9 Å². The van der Waals surface area contributed by atoms with Crippen molar-refractivity contribution in [3.63, 3.8) is 0 Å². The van der Waals surface area contributed by atoms with E-state index in [0.717, 1.165) is 44.6 Å². The Bertz CT molecular complexity index is 2680. The minimum absolute atomic E-state index is 0.0368. The van der Waals surface area contributed by atoms with Gasteiger partial charge in [0.05, 0.1) is 29.0 Å². The van der Waals surface area contributed by atoms with Gasteiger partial charge in [0.1, 0.15) is 39.2 Å². The maximum absolute atomic E-state index is 13.4. The molecule has 8 rings (SSSR count). The Labute approximate surface area is 376 Å². The second-order valence-electron chi connectivity index (χ2n) is 15.1. The normalized spacial score (nSPS) is 14.8. The molecule has 1 atom stereocenters. The Morgan fingerprint density at radius 2 is 1.69 bits per heavy atom. The minimum atomic E-state index is -0.576. The molecule has 3 amide bonds. The fourth-order valence-corrected chi connectivity index (χ4v) is 9.81. The van der Waals surface area contributed by atoms with E-state index in [0.29, 0.717) is 88.8 Å². The number of nitrogens with one attached hydrogen (secondary N) is 3. The third kappa shape index (κ3) is 9.21. The summed E-state index contributed by atoms with van der Waals surface area (Å²) in [7, 11) is 0. The molecule has 0 saturated carbocycles. The van der Waals surface area contributed by atoms with E-state index in [4.69, 9.17) is 28.2 Å². The first-order valence-electron chi connectivity index (χ1n) is 20.1. The number of para-hydroxylation sites is 1. The number of hydrogen-bond acceptors (Lipinski definition) is 13. The number of carbonyl (C=O) groups excluding carboxylic acids is 3. The van der Waals surface area contributed by atoms with Crippen molar-refractivity contribution in [3.05, 3.63) is 114 Å². The second kappa shape index (κ2) is 18.3. The molecule has 0 unspecified atom stereocenters. The molecule has 15 nitrogen and oxygen atoms in total. The second-order valence-corrected chi connectivity index (χ2v) is 18.2. The Kier molecular flexibility index (Phi) is 12.7. The largest absolute Gasteiger partial charge is 0.356 e. The van der Waals surface area contributed by atoms with Gasteiger partial charge in [-0.05, 0) is 70.4 Å². The number of aryl methyl sites for hydroxylation is 4. The van der Waals surface area contributed by atoms with E-state index < -0.39 is 6.04 Å². The lowest BCUT2D eigenvalue weighted by molar-refractivity contribution is -0.131. The van der Waals surface area contributed by atoms with Crippen molar-refractivity contribution < 1.29 is 14.4 Å². The maximum Gasteiger partial charge on any atom is 0.267 e. The number of nitrogens with zero attached hydrogens (tertiary/aromatic N) is 9. The number of amides is 3. The van der Waals surface area contributed by atoms with Crippen molar-refractivity contribution >= 4 is 91.8 Å². The van der Waals surface area contributed by atoms with Crippen molar-refractivity contribution in [3.8, 4) is 5.00 Å². The average molecular weight is 912 g/mol. The molecule has 62 heavy (non-hydrogen) atoms. The maximum atomic E-state index is 13.4. The molecule has 0 bridgehead atoms. The zero-order chi connectivity index (χ0) is 43.7. The molecule has 6 aromatic rings. The van der Waals surface area contributed by atoms with Gasteiger partial charge in [-0.3, -0.25) is 23.9 Å². The predicted molar refractivity (Wildman–Crippen MR) is 245 cm³/mol. The summed E-state index contributed by atoms with van der Waals surface area (Å²) >= 11 is 15.4. The molecule has 0 aliphatic carbocycles. The highest BCUT2D eigenvalue weighted by atomic mass is 35.5. The molecule has 0 radical (unpaired) electrons. The summed E-state index contributed by atoms with van der Waals surface area (Å²) in [5.74, 6) is 2.73. The molecular formula is C43H44Cl2N12O3S2. The zero-order valence-corrected chi connectivity index (χ0v) is 37.9. The lowest BCUT2D eigenvalue weighted by Gasteiger charge is -2.35. The number of thiazole rings is 1. The van der Waals surface area contributed by atoms with Crippen molar-refractivity contribution in [2.24, 2.45) is 4.99 Å². The van der Waals surface area contributed by atoms with Crippen molar-refractivity contribution in [2.45, 2.75) is 59.9 Å². The van der Waals surface area contributed by atoms with E-state index in [1.54, 1.807) is 17.4 Å². The SMILES string of the molecule is Cc1nc(Nc2ncc(C(=O)Nc3c(C)cccc3Cl)s2)cc(N2CCN(C(=O)CCCNC(=O)C[C@@H]3N=C(c4ccc(Cl)cc4)c4c(sc(C)c4C)-n4c(C)nnc43)CC2)n1. The first kappa shape index (κ1) is 42.9. The number of hydrogen-bond donors (Lipinski definition) is 3. The third-order valence-corrected chi connectivity index (χ3v) is 13.5. The Morgan fingerprint density at radius 3 is 2.45 bits per heavy atom. The van der Waals surface area contributed by atoms with Crippen LogP contribution in [0.1, 0.15) is 79.6 Å². The van der Waals surface area contributed by atoms with Crippen molar-refractivity contribution in [1.29, 1.82) is 0 Å². The first-order valence-corrected chi connectivity index (χ1v) is 22.5. The summed E-state index contributed by atoms with van der Waals surface area (Å²) in [6.45, 7) is 12.4. The first-order chi connectivity index (χ1) is 29.8. The van der Waals surface area contributed by atoms with E-state index in [1.807, 2.05) is 72.7 Å². The van der Waals surface area contributed by atoms with E-state index in [9.17, 15) is 14.4 Å². The van der Waals surface area contributed by atoms with Crippen LogP contribution in [-0.2, 0) is 9.59 Å². The number of rotatable bonds is 12. The molecule has 2 aliphatic rings. The summed E-state index contributed by atoms with van der Waals surface area (Å²) in [5.41, 5.74) is 5.25. The standard InChI is InChI=1S/C43H44Cl2N12O3S2/c1-23-8-6-9-30(45)38(23)52-41(60)32-22-47-43(62-32)51-33-21-34(49-26(4)48-33)55-16-18-56(19-17-55)36(59)10-7-15-46-35(58)20-31-40-54-53-27(5)57(40)42-37(24(2)25(3)61-42)39(50-31)28-11-13-29(44)14-12-28/h6,8-9,11-14,21-22,31H,7,10,15-20H2,1-5H3,(H,46,58)(H,52,60)(H,47,48,49,51)/t31-/m0/s1. The van der Waals surface area contributed by atoms with Crippen LogP contribution in [0, 0.1) is 34.6 Å². The fraction of sp³-hybridized carbons (Fsp3) is 0.326. The van der Waals surface area contributed by atoms with Gasteiger partial charge in [0.15, 0.2) is 11.0 Å². The fourth-order valence-electron chi connectivity index (χ4n) is 7.48. The van der Waals surface area contributed by atoms with Gasteiger partial charge in [0.2, 0.25) is 11.8 Å². The lowest BCUT2D eigenvalue weighted by Crippen LogP contribution is -2.49.